The lowest BCUT2D eigenvalue weighted by Crippen LogP contribution is -1.91. The minimum Gasteiger partial charge on any atom is -0.258 e. The Hall–Kier alpha value is -0.610. The normalized spacial score (nSPS) is 8.75. The Kier molecular flexibility index (Phi) is 4.85. The first-order chi connectivity index (χ1) is 5.25. The topological polar surface area (TPSA) is 43.1 Å². The van der Waals surface area contributed by atoms with Gasteiger partial charge in [0.1, 0.15) is 0 Å². The molecule has 0 aliphatic heterocycles. The second-order valence-electron chi connectivity index (χ2n) is 2.02. The van der Waals surface area contributed by atoms with Crippen molar-refractivity contribution >= 4 is 34.0 Å². The van der Waals surface area contributed by atoms with Crippen LogP contribution in [0.15, 0.2) is 24.3 Å². The summed E-state index contributed by atoms with van der Waals surface area (Å²) in [5.41, 5.74) is 0.877. The summed E-state index contributed by atoms with van der Waals surface area (Å²) in [6, 6.07) is 6.66. The molecular weight excluding hydrogens is 245 g/mol. The van der Waals surface area contributed by atoms with E-state index in [9.17, 15) is 10.1 Å². The molecule has 0 saturated heterocycles. The summed E-state index contributed by atoms with van der Waals surface area (Å²) in [6.07, 6.45) is 0. The number of nitro groups is 1. The molecule has 0 atom stereocenters. The molecule has 3 nitrogen and oxygen atoms in total. The van der Waals surface area contributed by atoms with Crippen molar-refractivity contribution < 1.29 is 4.92 Å². The zero-order valence-electron chi connectivity index (χ0n) is 6.07. The lowest BCUT2D eigenvalue weighted by molar-refractivity contribution is -0.385. The van der Waals surface area contributed by atoms with E-state index >= 15 is 0 Å². The second-order valence-corrected chi connectivity index (χ2v) is 2.58. The predicted octanol–water partition coefficient (Wildman–Crippen LogP) is 2.91. The van der Waals surface area contributed by atoms with Crippen LogP contribution >= 0.6 is 28.3 Å². The largest absolute Gasteiger partial charge is 0.273 e. The van der Waals surface area contributed by atoms with Crippen LogP contribution in [0.5, 0.6) is 0 Å². The summed E-state index contributed by atoms with van der Waals surface area (Å²) in [5.74, 6) is 0. The number of nitro benzene ring substituents is 1. The predicted molar refractivity (Wildman–Crippen MR) is 53.0 cm³/mol. The van der Waals surface area contributed by atoms with Gasteiger partial charge in [-0.25, -0.2) is 0 Å². The highest BCUT2D eigenvalue weighted by Gasteiger charge is 2.09. The molecule has 1 rings (SSSR count). The van der Waals surface area contributed by atoms with Gasteiger partial charge in [-0.05, 0) is 0 Å². The van der Waals surface area contributed by atoms with E-state index in [2.05, 4.69) is 15.9 Å². The number of hydrogen-bond donors (Lipinski definition) is 0. The minimum absolute atomic E-state index is 0. The summed E-state index contributed by atoms with van der Waals surface area (Å²) in [7, 11) is 0. The molecule has 5 heteroatoms. The number of hydrogen-bond acceptors (Lipinski definition) is 2. The van der Waals surface area contributed by atoms with Gasteiger partial charge in [-0.3, -0.25) is 10.1 Å². The van der Waals surface area contributed by atoms with E-state index < -0.39 is 0 Å². The molecule has 1 aromatic carbocycles. The lowest BCUT2D eigenvalue weighted by atomic mass is 10.2. The van der Waals surface area contributed by atoms with Crippen LogP contribution in [0.25, 0.3) is 0 Å². The van der Waals surface area contributed by atoms with Gasteiger partial charge < -0.3 is 0 Å². The molecule has 1 aromatic rings. The fourth-order valence-corrected chi connectivity index (χ4v) is 1.28. The first-order valence-electron chi connectivity index (χ1n) is 3.04. The van der Waals surface area contributed by atoms with E-state index in [1.807, 2.05) is 0 Å². The zero-order valence-corrected chi connectivity index (χ0v) is 8.47. The average Bonchev–Trinajstić information content (AvgIpc) is 2.04. The maximum absolute atomic E-state index is 10.4. The number of rotatable bonds is 2. The van der Waals surface area contributed by atoms with Crippen LogP contribution in [0.1, 0.15) is 5.56 Å². The monoisotopic (exact) mass is 251 g/mol. The van der Waals surface area contributed by atoms with E-state index in [1.54, 1.807) is 18.2 Å². The number of nitrogens with zero attached hydrogens (tertiary/aromatic N) is 1. The highest BCUT2D eigenvalue weighted by molar-refractivity contribution is 9.08. The van der Waals surface area contributed by atoms with E-state index in [0.29, 0.717) is 10.9 Å². The molecule has 0 saturated carbocycles. The van der Waals surface area contributed by atoms with Gasteiger partial charge in [0.2, 0.25) is 0 Å². The molecule has 0 amide bonds. The Morgan fingerprint density at radius 2 is 2.00 bits per heavy atom. The molecule has 0 aliphatic carbocycles. The molecule has 0 unspecified atom stereocenters. The molecule has 0 bridgehead atoms. The van der Waals surface area contributed by atoms with E-state index in [1.165, 1.54) is 6.07 Å². The van der Waals surface area contributed by atoms with Gasteiger partial charge in [0.25, 0.3) is 5.69 Å². The molecule has 0 heterocycles. The van der Waals surface area contributed by atoms with E-state index in [-0.39, 0.29) is 23.0 Å². The van der Waals surface area contributed by atoms with Crippen molar-refractivity contribution in [3.63, 3.8) is 0 Å². The molecule has 0 N–H and O–H groups in total. The van der Waals surface area contributed by atoms with Crippen molar-refractivity contribution in [2.45, 2.75) is 5.33 Å². The highest BCUT2D eigenvalue weighted by Crippen LogP contribution is 2.19. The third-order valence-corrected chi connectivity index (χ3v) is 1.94. The molecule has 0 aromatic heterocycles. The van der Waals surface area contributed by atoms with Gasteiger partial charge in [0, 0.05) is 17.0 Å². The van der Waals surface area contributed by atoms with Crippen LogP contribution < -0.4 is 0 Å². The summed E-state index contributed by atoms with van der Waals surface area (Å²) in [4.78, 5) is 9.99. The zero-order chi connectivity index (χ0) is 8.27. The Labute approximate surface area is 84.5 Å². The fourth-order valence-electron chi connectivity index (χ4n) is 0.802. The van der Waals surface area contributed by atoms with Crippen LogP contribution in [0.2, 0.25) is 0 Å². The number of benzene rings is 1. The maximum atomic E-state index is 10.4. The first kappa shape index (κ1) is 11.4. The Bertz CT molecular complexity index is 280. The van der Waals surface area contributed by atoms with Gasteiger partial charge in [-0.2, -0.15) is 0 Å². The molecular formula is C7H7BrClNO2. The summed E-state index contributed by atoms with van der Waals surface area (Å²) < 4.78 is 0. The van der Waals surface area contributed by atoms with E-state index in [0.717, 1.165) is 0 Å². The Morgan fingerprint density at radius 1 is 1.42 bits per heavy atom. The van der Waals surface area contributed by atoms with Crippen molar-refractivity contribution in [2.24, 2.45) is 0 Å². The maximum Gasteiger partial charge on any atom is 0.273 e. The third-order valence-electron chi connectivity index (χ3n) is 1.33. The summed E-state index contributed by atoms with van der Waals surface area (Å²) >= 11 is 3.17. The van der Waals surface area contributed by atoms with Crippen molar-refractivity contribution in [2.75, 3.05) is 0 Å². The highest BCUT2D eigenvalue weighted by atomic mass is 79.9. The van der Waals surface area contributed by atoms with Gasteiger partial charge in [-0.1, -0.05) is 34.1 Å². The SMILES string of the molecule is Cl.O=[N+]([O-])c1ccccc1CBr. The molecule has 12 heavy (non-hydrogen) atoms. The smallest absolute Gasteiger partial charge is 0.258 e. The lowest BCUT2D eigenvalue weighted by Gasteiger charge is -1.95. The molecule has 0 spiro atoms. The standard InChI is InChI=1S/C7H6BrNO2.ClH/c8-5-6-3-1-2-4-7(6)9(10)11;/h1-4H,5H2;1H. The Balaban J connectivity index is 0.00000121. The van der Waals surface area contributed by atoms with Crippen LogP contribution in [-0.4, -0.2) is 4.92 Å². The minimum atomic E-state index is -0.378. The van der Waals surface area contributed by atoms with Crippen molar-refractivity contribution in [3.8, 4) is 0 Å². The molecule has 0 radical (unpaired) electrons. The first-order valence-corrected chi connectivity index (χ1v) is 4.16. The number of alkyl halides is 1. The average molecular weight is 252 g/mol. The van der Waals surface area contributed by atoms with E-state index in [4.69, 9.17) is 0 Å². The summed E-state index contributed by atoms with van der Waals surface area (Å²) in [6.45, 7) is 0. The van der Waals surface area contributed by atoms with Crippen molar-refractivity contribution in [3.05, 3.63) is 39.9 Å². The number of halogens is 2. The van der Waals surface area contributed by atoms with Crippen LogP contribution in [0.3, 0.4) is 0 Å². The quantitative estimate of drug-likeness (QED) is 0.461. The van der Waals surface area contributed by atoms with Crippen LogP contribution in [-0.2, 0) is 5.33 Å². The molecule has 0 fully saturated rings. The van der Waals surface area contributed by atoms with Crippen LogP contribution in [0.4, 0.5) is 5.69 Å². The van der Waals surface area contributed by atoms with Crippen molar-refractivity contribution in [1.82, 2.24) is 0 Å². The van der Waals surface area contributed by atoms with Gasteiger partial charge in [-0.15, -0.1) is 12.4 Å². The summed E-state index contributed by atoms with van der Waals surface area (Å²) in [5, 5.41) is 10.9. The third kappa shape index (κ3) is 2.46. The molecule has 0 aliphatic rings. The fraction of sp³-hybridized carbons (Fsp3) is 0.143. The second kappa shape index (κ2) is 5.11. The van der Waals surface area contributed by atoms with Gasteiger partial charge >= 0.3 is 0 Å². The molecule has 66 valence electrons. The van der Waals surface area contributed by atoms with Gasteiger partial charge in [0.05, 0.1) is 4.92 Å². The Morgan fingerprint density at radius 3 is 2.42 bits per heavy atom. The van der Waals surface area contributed by atoms with Crippen molar-refractivity contribution in [1.29, 1.82) is 0 Å². The van der Waals surface area contributed by atoms with Gasteiger partial charge in [0.15, 0.2) is 0 Å². The van der Waals surface area contributed by atoms with Crippen LogP contribution in [0, 0.1) is 10.1 Å². The number of para-hydroxylation sites is 1.